The van der Waals surface area contributed by atoms with E-state index >= 15 is 0 Å². The van der Waals surface area contributed by atoms with Gasteiger partial charge in [-0.3, -0.25) is 24.3 Å². The number of rotatable bonds is 7. The van der Waals surface area contributed by atoms with Crippen molar-refractivity contribution in [3.05, 3.63) is 68.6 Å². The van der Waals surface area contributed by atoms with Crippen LogP contribution in [0.15, 0.2) is 36.5 Å². The highest BCUT2D eigenvalue weighted by atomic mass is 35.5. The van der Waals surface area contributed by atoms with Gasteiger partial charge in [-0.1, -0.05) is 23.7 Å². The molecule has 10 heteroatoms. The summed E-state index contributed by atoms with van der Waals surface area (Å²) in [5, 5.41) is 22.7. The fraction of sp³-hybridized carbons (Fsp3) is 0.278. The molecule has 2 heterocycles. The lowest BCUT2D eigenvalue weighted by atomic mass is 10.2. The summed E-state index contributed by atoms with van der Waals surface area (Å²) in [7, 11) is 0. The van der Waals surface area contributed by atoms with Crippen LogP contribution in [0.5, 0.6) is 0 Å². The molecule has 1 N–H and O–H groups in total. The van der Waals surface area contributed by atoms with Gasteiger partial charge in [-0.15, -0.1) is 0 Å². The molecular formula is C18H19ClN6O3. The molecule has 0 radical (unpaired) electrons. The van der Waals surface area contributed by atoms with E-state index in [-0.39, 0.29) is 24.6 Å². The number of nitrogens with one attached hydrogen (secondary N) is 1. The van der Waals surface area contributed by atoms with Crippen molar-refractivity contribution in [3.63, 3.8) is 0 Å². The Morgan fingerprint density at radius 1 is 1.25 bits per heavy atom. The zero-order valence-corrected chi connectivity index (χ0v) is 16.2. The number of halogens is 1. The molecule has 0 unspecified atom stereocenters. The van der Waals surface area contributed by atoms with Crippen molar-refractivity contribution >= 4 is 29.0 Å². The number of nitro groups is 1. The van der Waals surface area contributed by atoms with Gasteiger partial charge >= 0.3 is 5.69 Å². The largest absolute Gasteiger partial charge is 0.309 e. The minimum Gasteiger partial charge on any atom is -0.309 e. The van der Waals surface area contributed by atoms with Crippen LogP contribution in [0.2, 0.25) is 5.02 Å². The minimum absolute atomic E-state index is 0.0584. The second kappa shape index (κ2) is 8.22. The molecule has 0 aliphatic rings. The van der Waals surface area contributed by atoms with Gasteiger partial charge in [0, 0.05) is 29.7 Å². The molecule has 3 aromatic rings. The molecule has 0 saturated heterocycles. The first kappa shape index (κ1) is 19.6. The maximum atomic E-state index is 12.2. The number of benzene rings is 1. The van der Waals surface area contributed by atoms with Crippen LogP contribution in [0.25, 0.3) is 0 Å². The van der Waals surface area contributed by atoms with E-state index in [0.29, 0.717) is 23.1 Å². The maximum Gasteiger partial charge on any atom is 0.309 e. The van der Waals surface area contributed by atoms with Gasteiger partial charge in [0.2, 0.25) is 5.91 Å². The number of amides is 1. The molecule has 0 saturated carbocycles. The van der Waals surface area contributed by atoms with E-state index in [1.54, 1.807) is 17.7 Å². The quantitative estimate of drug-likeness (QED) is 0.481. The molecule has 0 bridgehead atoms. The van der Waals surface area contributed by atoms with Gasteiger partial charge in [0.15, 0.2) is 5.82 Å². The molecule has 0 fully saturated rings. The highest BCUT2D eigenvalue weighted by Crippen LogP contribution is 2.16. The van der Waals surface area contributed by atoms with Crippen molar-refractivity contribution in [3.8, 4) is 0 Å². The van der Waals surface area contributed by atoms with Crippen LogP contribution in [0.4, 0.5) is 11.5 Å². The molecule has 0 aliphatic carbocycles. The SMILES string of the molecule is Cc1nn(CCC(=O)Nc2cc(C)n(Cc3ccc(Cl)cc3)n2)cc1[N+](=O)[O-]. The van der Waals surface area contributed by atoms with Crippen LogP contribution >= 0.6 is 11.6 Å². The first-order chi connectivity index (χ1) is 13.3. The zero-order chi connectivity index (χ0) is 20.3. The number of carbonyl (C=O) groups is 1. The summed E-state index contributed by atoms with van der Waals surface area (Å²) in [6.45, 7) is 4.27. The Morgan fingerprint density at radius 2 is 1.96 bits per heavy atom. The van der Waals surface area contributed by atoms with Crippen molar-refractivity contribution in [2.24, 2.45) is 0 Å². The van der Waals surface area contributed by atoms with Crippen molar-refractivity contribution in [1.29, 1.82) is 0 Å². The molecule has 1 amide bonds. The topological polar surface area (TPSA) is 108 Å². The summed E-state index contributed by atoms with van der Waals surface area (Å²) in [5.41, 5.74) is 2.21. The predicted molar refractivity (Wildman–Crippen MR) is 104 cm³/mol. The Labute approximate surface area is 166 Å². The Kier molecular flexibility index (Phi) is 5.74. The van der Waals surface area contributed by atoms with Gasteiger partial charge in [0.1, 0.15) is 11.9 Å². The Hall–Kier alpha value is -3.20. The van der Waals surface area contributed by atoms with E-state index in [2.05, 4.69) is 15.5 Å². The van der Waals surface area contributed by atoms with E-state index in [1.807, 2.05) is 31.2 Å². The van der Waals surface area contributed by atoms with Gasteiger partial charge in [-0.25, -0.2) is 0 Å². The molecule has 0 spiro atoms. The second-order valence-electron chi connectivity index (χ2n) is 6.37. The van der Waals surface area contributed by atoms with E-state index < -0.39 is 4.92 Å². The van der Waals surface area contributed by atoms with Gasteiger partial charge < -0.3 is 5.32 Å². The normalized spacial score (nSPS) is 10.8. The third-order valence-corrected chi connectivity index (χ3v) is 4.43. The van der Waals surface area contributed by atoms with E-state index in [4.69, 9.17) is 11.6 Å². The standard InChI is InChI=1S/C18H19ClN6O3/c1-12-9-17(22-24(12)10-14-3-5-15(19)6-4-14)20-18(26)7-8-23-11-16(25(27)28)13(2)21-23/h3-6,9,11H,7-8,10H2,1-2H3,(H,20,22,26). The average molecular weight is 403 g/mol. The van der Waals surface area contributed by atoms with Gasteiger partial charge in [-0.2, -0.15) is 10.2 Å². The summed E-state index contributed by atoms with van der Waals surface area (Å²) in [5.74, 6) is 0.214. The lowest BCUT2D eigenvalue weighted by Gasteiger charge is -2.05. The van der Waals surface area contributed by atoms with Crippen LogP contribution in [0.3, 0.4) is 0 Å². The fourth-order valence-electron chi connectivity index (χ4n) is 2.72. The summed E-state index contributed by atoms with van der Waals surface area (Å²) < 4.78 is 3.19. The number of anilines is 1. The smallest absolute Gasteiger partial charge is 0.309 e. The first-order valence-electron chi connectivity index (χ1n) is 8.59. The Bertz CT molecular complexity index is 1010. The van der Waals surface area contributed by atoms with Crippen LogP contribution < -0.4 is 5.32 Å². The molecule has 0 atom stereocenters. The molecule has 146 valence electrons. The number of hydrogen-bond acceptors (Lipinski definition) is 5. The van der Waals surface area contributed by atoms with Gasteiger partial charge in [-0.05, 0) is 31.5 Å². The fourth-order valence-corrected chi connectivity index (χ4v) is 2.84. The van der Waals surface area contributed by atoms with Crippen molar-refractivity contribution in [1.82, 2.24) is 19.6 Å². The van der Waals surface area contributed by atoms with Crippen molar-refractivity contribution in [2.75, 3.05) is 5.32 Å². The Morgan fingerprint density at radius 3 is 2.61 bits per heavy atom. The first-order valence-corrected chi connectivity index (χ1v) is 8.97. The van der Waals surface area contributed by atoms with Crippen LogP contribution in [0.1, 0.15) is 23.4 Å². The van der Waals surface area contributed by atoms with Crippen molar-refractivity contribution < 1.29 is 9.72 Å². The molecule has 9 nitrogen and oxygen atoms in total. The predicted octanol–water partition coefficient (Wildman–Crippen LogP) is 3.34. The summed E-state index contributed by atoms with van der Waals surface area (Å²) >= 11 is 5.90. The third-order valence-electron chi connectivity index (χ3n) is 4.18. The van der Waals surface area contributed by atoms with Gasteiger partial charge in [0.05, 0.1) is 11.5 Å². The van der Waals surface area contributed by atoms with Crippen LogP contribution in [-0.4, -0.2) is 30.4 Å². The number of carbonyl (C=O) groups excluding carboxylic acids is 1. The molecule has 1 aromatic carbocycles. The summed E-state index contributed by atoms with van der Waals surface area (Å²) in [6, 6.07) is 9.27. The van der Waals surface area contributed by atoms with Gasteiger partial charge in [0.25, 0.3) is 0 Å². The van der Waals surface area contributed by atoms with E-state index in [0.717, 1.165) is 11.3 Å². The molecule has 3 rings (SSSR count). The lowest BCUT2D eigenvalue weighted by Crippen LogP contribution is -2.15. The number of hydrogen-bond donors (Lipinski definition) is 1. The monoisotopic (exact) mass is 402 g/mol. The zero-order valence-electron chi connectivity index (χ0n) is 15.4. The number of nitrogens with zero attached hydrogens (tertiary/aromatic N) is 5. The van der Waals surface area contributed by atoms with Crippen molar-refractivity contribution in [2.45, 2.75) is 33.4 Å². The molecule has 0 aliphatic heterocycles. The lowest BCUT2D eigenvalue weighted by molar-refractivity contribution is -0.385. The maximum absolute atomic E-state index is 12.2. The van der Waals surface area contributed by atoms with Crippen LogP contribution in [-0.2, 0) is 17.9 Å². The second-order valence-corrected chi connectivity index (χ2v) is 6.81. The molecular weight excluding hydrogens is 384 g/mol. The molecule has 2 aromatic heterocycles. The molecule has 28 heavy (non-hydrogen) atoms. The summed E-state index contributed by atoms with van der Waals surface area (Å²) in [4.78, 5) is 22.5. The number of aryl methyl sites for hydroxylation is 3. The number of aromatic nitrogens is 4. The minimum atomic E-state index is -0.491. The summed E-state index contributed by atoms with van der Waals surface area (Å²) in [6.07, 6.45) is 1.45. The van der Waals surface area contributed by atoms with E-state index in [9.17, 15) is 14.9 Å². The van der Waals surface area contributed by atoms with Crippen LogP contribution in [0, 0.1) is 24.0 Å². The average Bonchev–Trinajstić information content (AvgIpc) is 3.17. The van der Waals surface area contributed by atoms with E-state index in [1.165, 1.54) is 10.9 Å². The third kappa shape index (κ3) is 4.74. The highest BCUT2D eigenvalue weighted by Gasteiger charge is 2.16. The Balaban J connectivity index is 1.57. The highest BCUT2D eigenvalue weighted by molar-refractivity contribution is 6.30.